The Labute approximate surface area is 59.1 Å². The molecule has 0 aromatic rings. The Bertz CT molecular complexity index is 50.5. The van der Waals surface area contributed by atoms with Gasteiger partial charge < -0.3 is 4.90 Å². The van der Waals surface area contributed by atoms with E-state index in [2.05, 4.69) is 25.9 Å². The molecule has 1 heteroatoms. The predicted octanol–water partition coefficient (Wildman–Crippen LogP) is 1.94. The van der Waals surface area contributed by atoms with E-state index in [0.717, 1.165) is 6.42 Å². The van der Waals surface area contributed by atoms with E-state index in [-0.39, 0.29) is 0 Å². The predicted molar refractivity (Wildman–Crippen MR) is 42.4 cm³/mol. The molecule has 0 atom stereocenters. The quantitative estimate of drug-likeness (QED) is 0.511. The second-order valence-corrected chi connectivity index (χ2v) is 2.72. The van der Waals surface area contributed by atoms with Crippen molar-refractivity contribution in [3.05, 3.63) is 6.92 Å². The zero-order valence-corrected chi connectivity index (χ0v) is 6.69. The minimum Gasteiger partial charge on any atom is -0.309 e. The van der Waals surface area contributed by atoms with Crippen LogP contribution in [0, 0.1) is 6.92 Å². The van der Waals surface area contributed by atoms with Crippen molar-refractivity contribution in [2.24, 2.45) is 0 Å². The van der Waals surface area contributed by atoms with Crippen LogP contribution in [0.25, 0.3) is 0 Å². The third kappa shape index (κ3) is 7.96. The Balaban J connectivity index is 2.75. The van der Waals surface area contributed by atoms with Gasteiger partial charge in [0.15, 0.2) is 0 Å². The van der Waals surface area contributed by atoms with E-state index in [9.17, 15) is 0 Å². The van der Waals surface area contributed by atoms with Crippen LogP contribution in [0.3, 0.4) is 0 Å². The van der Waals surface area contributed by atoms with Crippen molar-refractivity contribution < 1.29 is 0 Å². The highest BCUT2D eigenvalue weighted by Crippen LogP contribution is 1.98. The minimum atomic E-state index is 1.09. The lowest BCUT2D eigenvalue weighted by molar-refractivity contribution is 0.392. The summed E-state index contributed by atoms with van der Waals surface area (Å²) < 4.78 is 0. The molecule has 0 aliphatic rings. The molecule has 0 spiro atoms. The highest BCUT2D eigenvalue weighted by atomic mass is 15.0. The fourth-order valence-electron chi connectivity index (χ4n) is 0.782. The van der Waals surface area contributed by atoms with Crippen LogP contribution in [0.1, 0.15) is 25.7 Å². The molecule has 0 aromatic heterocycles. The molecule has 0 aliphatic heterocycles. The van der Waals surface area contributed by atoms with Gasteiger partial charge in [-0.3, -0.25) is 0 Å². The smallest absolute Gasteiger partial charge is 0.00248 e. The fraction of sp³-hybridized carbons (Fsp3) is 0.875. The topological polar surface area (TPSA) is 3.24 Å². The molecule has 0 unspecified atom stereocenters. The van der Waals surface area contributed by atoms with Crippen molar-refractivity contribution in [3.63, 3.8) is 0 Å². The SMILES string of the molecule is [CH2]CCCCCN(C)C. The first-order valence-corrected chi connectivity index (χ1v) is 3.71. The van der Waals surface area contributed by atoms with Crippen LogP contribution >= 0.6 is 0 Å². The summed E-state index contributed by atoms with van der Waals surface area (Å²) in [4.78, 5) is 2.23. The largest absolute Gasteiger partial charge is 0.309 e. The van der Waals surface area contributed by atoms with Crippen LogP contribution in [0.5, 0.6) is 0 Å². The summed E-state index contributed by atoms with van der Waals surface area (Å²) in [6, 6.07) is 0. The van der Waals surface area contributed by atoms with Crippen LogP contribution in [-0.4, -0.2) is 25.5 Å². The summed E-state index contributed by atoms with van der Waals surface area (Å²) in [6.45, 7) is 5.01. The lowest BCUT2D eigenvalue weighted by atomic mass is 10.2. The summed E-state index contributed by atoms with van der Waals surface area (Å²) in [7, 11) is 4.23. The van der Waals surface area contributed by atoms with Crippen molar-refractivity contribution in [2.45, 2.75) is 25.7 Å². The van der Waals surface area contributed by atoms with Gasteiger partial charge in [-0.15, -0.1) is 0 Å². The van der Waals surface area contributed by atoms with Crippen LogP contribution in [-0.2, 0) is 0 Å². The average molecular weight is 128 g/mol. The van der Waals surface area contributed by atoms with Crippen molar-refractivity contribution in [3.8, 4) is 0 Å². The highest BCUT2D eigenvalue weighted by Gasteiger charge is 1.88. The Kier molecular flexibility index (Phi) is 6.06. The van der Waals surface area contributed by atoms with Gasteiger partial charge in [-0.05, 0) is 27.1 Å². The first-order valence-electron chi connectivity index (χ1n) is 3.71. The van der Waals surface area contributed by atoms with Crippen LogP contribution in [0.15, 0.2) is 0 Å². The molecule has 0 heterocycles. The highest BCUT2D eigenvalue weighted by molar-refractivity contribution is 4.47. The Hall–Kier alpha value is -0.0400. The molecular weight excluding hydrogens is 110 g/mol. The zero-order valence-electron chi connectivity index (χ0n) is 6.69. The van der Waals surface area contributed by atoms with E-state index in [1.807, 2.05) is 0 Å². The third-order valence-corrected chi connectivity index (χ3v) is 1.36. The summed E-state index contributed by atoms with van der Waals surface area (Å²) in [5.74, 6) is 0. The third-order valence-electron chi connectivity index (χ3n) is 1.36. The van der Waals surface area contributed by atoms with Crippen LogP contribution in [0.4, 0.5) is 0 Å². The van der Waals surface area contributed by atoms with Gasteiger partial charge in [0.1, 0.15) is 0 Å². The monoisotopic (exact) mass is 128 g/mol. The van der Waals surface area contributed by atoms with E-state index in [1.54, 1.807) is 0 Å². The molecule has 0 rings (SSSR count). The molecule has 55 valence electrons. The molecular formula is C8H18N. The van der Waals surface area contributed by atoms with Crippen LogP contribution < -0.4 is 0 Å². The molecule has 0 amide bonds. The number of hydrogen-bond donors (Lipinski definition) is 0. The van der Waals surface area contributed by atoms with Gasteiger partial charge in [-0.2, -0.15) is 0 Å². The van der Waals surface area contributed by atoms with Gasteiger partial charge in [0.25, 0.3) is 0 Å². The number of rotatable bonds is 5. The Morgan fingerprint density at radius 2 is 1.78 bits per heavy atom. The Morgan fingerprint density at radius 1 is 1.11 bits per heavy atom. The lowest BCUT2D eigenvalue weighted by Crippen LogP contribution is -2.12. The molecule has 0 aromatic carbocycles. The molecule has 0 N–H and O–H groups in total. The Morgan fingerprint density at radius 3 is 2.22 bits per heavy atom. The van der Waals surface area contributed by atoms with Crippen molar-refractivity contribution in [2.75, 3.05) is 20.6 Å². The lowest BCUT2D eigenvalue weighted by Gasteiger charge is -2.07. The van der Waals surface area contributed by atoms with Gasteiger partial charge >= 0.3 is 0 Å². The average Bonchev–Trinajstić information content (AvgIpc) is 1.80. The van der Waals surface area contributed by atoms with Gasteiger partial charge in [0.2, 0.25) is 0 Å². The second-order valence-electron chi connectivity index (χ2n) is 2.72. The molecule has 0 bridgehead atoms. The molecule has 1 radical (unpaired) electrons. The van der Waals surface area contributed by atoms with Gasteiger partial charge in [-0.25, -0.2) is 0 Å². The van der Waals surface area contributed by atoms with Crippen molar-refractivity contribution in [1.82, 2.24) is 4.90 Å². The van der Waals surface area contributed by atoms with E-state index in [0.29, 0.717) is 0 Å². The standard InChI is InChI=1S/C8H18N/c1-4-5-6-7-8-9(2)3/h1,4-8H2,2-3H3. The summed E-state index contributed by atoms with van der Waals surface area (Å²) >= 11 is 0. The molecule has 1 nitrogen and oxygen atoms in total. The van der Waals surface area contributed by atoms with E-state index in [4.69, 9.17) is 0 Å². The molecule has 0 aliphatic carbocycles. The molecule has 0 saturated carbocycles. The zero-order chi connectivity index (χ0) is 7.11. The van der Waals surface area contributed by atoms with Gasteiger partial charge in [-0.1, -0.05) is 26.2 Å². The van der Waals surface area contributed by atoms with E-state index < -0.39 is 0 Å². The molecule has 0 saturated heterocycles. The second kappa shape index (κ2) is 6.09. The van der Waals surface area contributed by atoms with E-state index >= 15 is 0 Å². The molecule has 0 fully saturated rings. The minimum absolute atomic E-state index is 1.09. The number of unbranched alkanes of at least 4 members (excludes halogenated alkanes) is 3. The first kappa shape index (κ1) is 8.96. The summed E-state index contributed by atoms with van der Waals surface area (Å²) in [6.07, 6.45) is 5.03. The number of hydrogen-bond acceptors (Lipinski definition) is 1. The molecule has 9 heavy (non-hydrogen) atoms. The van der Waals surface area contributed by atoms with E-state index in [1.165, 1.54) is 25.8 Å². The first-order chi connectivity index (χ1) is 4.27. The van der Waals surface area contributed by atoms with Crippen molar-refractivity contribution in [1.29, 1.82) is 0 Å². The summed E-state index contributed by atoms with van der Waals surface area (Å²) in [5.41, 5.74) is 0. The maximum absolute atomic E-state index is 3.79. The normalized spacial score (nSPS) is 10.7. The number of nitrogens with zero attached hydrogens (tertiary/aromatic N) is 1. The van der Waals surface area contributed by atoms with Crippen LogP contribution in [0.2, 0.25) is 0 Å². The van der Waals surface area contributed by atoms with Crippen molar-refractivity contribution >= 4 is 0 Å². The fourth-order valence-corrected chi connectivity index (χ4v) is 0.782. The van der Waals surface area contributed by atoms with Gasteiger partial charge in [0.05, 0.1) is 0 Å². The summed E-state index contributed by atoms with van der Waals surface area (Å²) in [5, 5.41) is 0. The van der Waals surface area contributed by atoms with Gasteiger partial charge in [0, 0.05) is 0 Å². The maximum atomic E-state index is 3.79. The maximum Gasteiger partial charge on any atom is -0.00248 e.